The van der Waals surface area contributed by atoms with Crippen LogP contribution >= 0.6 is 68.0 Å². The third-order valence-electron chi connectivity index (χ3n) is 11.3. The van der Waals surface area contributed by atoms with Gasteiger partial charge in [-0.15, -0.1) is 68.0 Å². The van der Waals surface area contributed by atoms with E-state index in [9.17, 15) is 0 Å². The Balaban J connectivity index is 0.801. The van der Waals surface area contributed by atoms with Crippen molar-refractivity contribution in [2.24, 2.45) is 0 Å². The quantitative estimate of drug-likeness (QED) is 0.166. The smallest absolute Gasteiger partial charge is 0.0542 e. The van der Waals surface area contributed by atoms with Crippen LogP contribution in [0.25, 0.3) is 124 Å². The molecule has 13 rings (SSSR count). The highest BCUT2D eigenvalue weighted by Gasteiger charge is 2.17. The maximum Gasteiger partial charge on any atom is 0.0542 e. The van der Waals surface area contributed by atoms with E-state index >= 15 is 0 Å². The van der Waals surface area contributed by atoms with Gasteiger partial charge in [0.2, 0.25) is 0 Å². The van der Waals surface area contributed by atoms with Gasteiger partial charge in [0.25, 0.3) is 0 Å². The van der Waals surface area contributed by atoms with Crippen molar-refractivity contribution in [3.63, 3.8) is 0 Å². The predicted molar refractivity (Wildman–Crippen MR) is 255 cm³/mol. The topological polar surface area (TPSA) is 0 Å². The second-order valence-electron chi connectivity index (χ2n) is 14.4. The number of hydrogen-bond acceptors (Lipinski definition) is 6. The minimum atomic E-state index is 1.25. The molecule has 0 unspecified atom stereocenters. The summed E-state index contributed by atoms with van der Waals surface area (Å²) >= 11 is 11.4. The number of fused-ring (bicyclic) bond motifs is 12. The van der Waals surface area contributed by atoms with Crippen molar-refractivity contribution in [3.8, 4) is 44.5 Å². The van der Waals surface area contributed by atoms with Crippen LogP contribution in [-0.4, -0.2) is 0 Å². The molecular weight excluding hydrogens is 793 g/mol. The van der Waals surface area contributed by atoms with E-state index in [1.54, 1.807) is 0 Å². The molecule has 0 fully saturated rings. The molecule has 262 valence electrons. The minimum absolute atomic E-state index is 1.25. The Bertz CT molecular complexity index is 3460. The van der Waals surface area contributed by atoms with Crippen LogP contribution in [-0.2, 0) is 0 Å². The van der Waals surface area contributed by atoms with Gasteiger partial charge in [0.1, 0.15) is 0 Å². The Morgan fingerprint density at radius 2 is 0.571 bits per heavy atom. The first kappa shape index (κ1) is 32.0. The van der Waals surface area contributed by atoms with Crippen molar-refractivity contribution in [3.05, 3.63) is 156 Å². The normalized spacial score (nSPS) is 12.3. The summed E-state index contributed by atoms with van der Waals surface area (Å²) in [7, 11) is 0. The lowest BCUT2D eigenvalue weighted by Crippen LogP contribution is -1.80. The Morgan fingerprint density at radius 3 is 0.964 bits per heavy atom. The first-order valence-electron chi connectivity index (χ1n) is 18.5. The highest BCUT2D eigenvalue weighted by atomic mass is 32.1. The Labute approximate surface area is 345 Å². The summed E-state index contributed by atoms with van der Waals surface area (Å²) in [5, 5.41) is 12.8. The molecule has 0 bridgehead atoms. The number of rotatable bonds is 4. The van der Waals surface area contributed by atoms with Crippen molar-refractivity contribution in [2.45, 2.75) is 0 Å². The van der Waals surface area contributed by atoms with Gasteiger partial charge < -0.3 is 0 Å². The molecule has 0 nitrogen and oxygen atoms in total. The Morgan fingerprint density at radius 1 is 0.250 bits per heavy atom. The summed E-state index contributed by atoms with van der Waals surface area (Å²) in [6.07, 6.45) is 0. The standard InChI is InChI=1S/C50H26S6/c1-3-7-41-33(5-1)39(25-51-41)31-15-19-37-45(23-31)55-47-35-17-13-29(21-43(35)53-49(37)47)27-9-11-28(12-10-27)30-14-18-36-44(22-30)54-50-38-20-16-32(24-46(38)56-48(36)50)40-26-52-42-8-4-2-6-34(40)42/h1-26H. The molecule has 0 aliphatic rings. The average molecular weight is 819 g/mol. The molecule has 0 atom stereocenters. The van der Waals surface area contributed by atoms with Gasteiger partial charge in [0.15, 0.2) is 0 Å². The van der Waals surface area contributed by atoms with Crippen molar-refractivity contribution in [2.75, 3.05) is 0 Å². The van der Waals surface area contributed by atoms with Crippen LogP contribution in [0.15, 0.2) is 156 Å². The van der Waals surface area contributed by atoms with E-state index in [1.165, 1.54) is 124 Å². The zero-order valence-corrected chi connectivity index (χ0v) is 34.4. The maximum absolute atomic E-state index is 2.40. The molecule has 0 N–H and O–H groups in total. The van der Waals surface area contributed by atoms with Gasteiger partial charge in [-0.2, -0.15) is 0 Å². The Kier molecular flexibility index (Phi) is 6.94. The maximum atomic E-state index is 2.40. The van der Waals surface area contributed by atoms with Crippen LogP contribution in [0, 0.1) is 0 Å². The zero-order valence-electron chi connectivity index (χ0n) is 29.5. The van der Waals surface area contributed by atoms with Crippen molar-refractivity contribution in [1.29, 1.82) is 0 Å². The van der Waals surface area contributed by atoms with Crippen LogP contribution in [0.1, 0.15) is 0 Å². The monoisotopic (exact) mass is 818 g/mol. The zero-order chi connectivity index (χ0) is 36.5. The van der Waals surface area contributed by atoms with Crippen molar-refractivity contribution >= 4 is 147 Å². The van der Waals surface area contributed by atoms with Crippen LogP contribution < -0.4 is 0 Å². The van der Waals surface area contributed by atoms with E-state index in [0.29, 0.717) is 0 Å². The largest absolute Gasteiger partial charge is 0.143 e. The molecule has 56 heavy (non-hydrogen) atoms. The summed E-state index contributed by atoms with van der Waals surface area (Å²) < 4.78 is 13.8. The number of thiophene rings is 6. The average Bonchev–Trinajstić information content (AvgIpc) is 4.10. The van der Waals surface area contributed by atoms with E-state index in [1.807, 2.05) is 68.0 Å². The van der Waals surface area contributed by atoms with E-state index in [2.05, 4.69) is 156 Å². The van der Waals surface area contributed by atoms with Crippen LogP contribution in [0.4, 0.5) is 0 Å². The van der Waals surface area contributed by atoms with Crippen molar-refractivity contribution in [1.82, 2.24) is 0 Å². The number of benzene rings is 7. The minimum Gasteiger partial charge on any atom is -0.143 e. The molecular formula is C50H26S6. The van der Waals surface area contributed by atoms with Gasteiger partial charge in [0, 0.05) is 71.6 Å². The van der Waals surface area contributed by atoms with Gasteiger partial charge in [-0.05, 0) is 80.5 Å². The van der Waals surface area contributed by atoms with Crippen molar-refractivity contribution < 1.29 is 0 Å². The summed E-state index contributed by atoms with van der Waals surface area (Å²) in [5.74, 6) is 0. The lowest BCUT2D eigenvalue weighted by molar-refractivity contribution is 1.63. The summed E-state index contributed by atoms with van der Waals surface area (Å²) in [5.41, 5.74) is 10.3. The van der Waals surface area contributed by atoms with E-state index in [0.717, 1.165) is 0 Å². The van der Waals surface area contributed by atoms with Gasteiger partial charge in [-0.25, -0.2) is 0 Å². The van der Waals surface area contributed by atoms with E-state index in [-0.39, 0.29) is 0 Å². The predicted octanol–water partition coefficient (Wildman–Crippen LogP) is 17.9. The molecule has 0 saturated carbocycles. The lowest BCUT2D eigenvalue weighted by Gasteiger charge is -2.06. The van der Waals surface area contributed by atoms with Crippen LogP contribution in [0.3, 0.4) is 0 Å². The fourth-order valence-corrected chi connectivity index (χ4v) is 15.9. The first-order valence-corrected chi connectivity index (χ1v) is 23.5. The molecule has 6 heteroatoms. The van der Waals surface area contributed by atoms with Gasteiger partial charge in [-0.3, -0.25) is 0 Å². The molecule has 7 aromatic carbocycles. The number of hydrogen-bond donors (Lipinski definition) is 0. The SMILES string of the molecule is c1ccc2c(-c3ccc4c(c3)sc3c5ccc(-c6ccc(-c7ccc8c(c7)sc7c9ccc(-c%10csc%11ccccc%10%11)cc9sc87)cc6)cc5sc43)csc2c1. The van der Waals surface area contributed by atoms with Gasteiger partial charge in [-0.1, -0.05) is 109 Å². The second-order valence-corrected chi connectivity index (χ2v) is 20.5. The fraction of sp³-hybridized carbons (Fsp3) is 0. The van der Waals surface area contributed by atoms with Crippen LogP contribution in [0.2, 0.25) is 0 Å². The molecule has 6 aromatic heterocycles. The molecule has 0 spiro atoms. The van der Waals surface area contributed by atoms with E-state index < -0.39 is 0 Å². The highest BCUT2D eigenvalue weighted by molar-refractivity contribution is 7.37. The molecule has 0 radical (unpaired) electrons. The summed E-state index contributed by atoms with van der Waals surface area (Å²) in [4.78, 5) is 0. The molecule has 0 aliphatic carbocycles. The van der Waals surface area contributed by atoms with Gasteiger partial charge >= 0.3 is 0 Å². The van der Waals surface area contributed by atoms with Crippen LogP contribution in [0.5, 0.6) is 0 Å². The first-order chi connectivity index (χ1) is 27.7. The Hall–Kier alpha value is -5.18. The third-order valence-corrected chi connectivity index (χ3v) is 18.2. The molecule has 0 amide bonds. The third kappa shape index (κ3) is 4.78. The highest BCUT2D eigenvalue weighted by Crippen LogP contribution is 2.48. The molecule has 0 saturated heterocycles. The molecule has 6 heterocycles. The van der Waals surface area contributed by atoms with E-state index in [4.69, 9.17) is 0 Å². The van der Waals surface area contributed by atoms with Gasteiger partial charge in [0.05, 0.1) is 18.8 Å². The molecule has 0 aliphatic heterocycles. The molecule has 13 aromatic rings. The second kappa shape index (κ2) is 12.2. The summed E-state index contributed by atoms with van der Waals surface area (Å²) in [6.45, 7) is 0. The lowest BCUT2D eigenvalue weighted by atomic mass is 9.99. The fourth-order valence-electron chi connectivity index (χ4n) is 8.46. The summed E-state index contributed by atoms with van der Waals surface area (Å²) in [6, 6.07) is 54.8.